The van der Waals surface area contributed by atoms with Gasteiger partial charge in [-0.25, -0.2) is 9.59 Å². The van der Waals surface area contributed by atoms with Crippen LogP contribution in [0, 0.1) is 0 Å². The second-order valence-electron chi connectivity index (χ2n) is 5.87. The highest BCUT2D eigenvalue weighted by Gasteiger charge is 2.27. The molecule has 0 saturated carbocycles. The maximum atomic E-state index is 12.4. The monoisotopic (exact) mass is 292 g/mol. The molecule has 0 aliphatic carbocycles. The van der Waals surface area contributed by atoms with E-state index in [1.165, 1.54) is 0 Å². The number of amides is 2. The molecule has 0 fully saturated rings. The van der Waals surface area contributed by atoms with E-state index >= 15 is 0 Å². The van der Waals surface area contributed by atoms with E-state index in [9.17, 15) is 9.59 Å². The Hall–Kier alpha value is -2.04. The van der Waals surface area contributed by atoms with Crippen LogP contribution >= 0.6 is 0 Å². The van der Waals surface area contributed by atoms with Crippen LogP contribution in [0.1, 0.15) is 43.1 Å². The fraction of sp³-hybridized carbons (Fsp3) is 0.500. The quantitative estimate of drug-likeness (QED) is 0.907. The van der Waals surface area contributed by atoms with E-state index in [0.717, 1.165) is 12.0 Å². The number of carbonyl (C=O) groups is 2. The van der Waals surface area contributed by atoms with Crippen molar-refractivity contribution in [3.8, 4) is 0 Å². The summed E-state index contributed by atoms with van der Waals surface area (Å²) in [6, 6.07) is 6.52. The van der Waals surface area contributed by atoms with Gasteiger partial charge in [0.15, 0.2) is 0 Å². The van der Waals surface area contributed by atoms with E-state index < -0.39 is 5.97 Å². The summed E-state index contributed by atoms with van der Waals surface area (Å²) in [5.41, 5.74) is 0.953. The van der Waals surface area contributed by atoms with Crippen molar-refractivity contribution in [1.82, 2.24) is 9.80 Å². The summed E-state index contributed by atoms with van der Waals surface area (Å²) in [5.74, 6) is -0.949. The van der Waals surface area contributed by atoms with E-state index in [0.29, 0.717) is 6.54 Å². The lowest BCUT2D eigenvalue weighted by atomic mass is 10.0. The Morgan fingerprint density at radius 3 is 2.10 bits per heavy atom. The second kappa shape index (κ2) is 6.61. The van der Waals surface area contributed by atoms with E-state index in [1.54, 1.807) is 48.2 Å². The zero-order valence-electron chi connectivity index (χ0n) is 13.4. The average molecular weight is 292 g/mol. The van der Waals surface area contributed by atoms with E-state index in [4.69, 9.17) is 5.11 Å². The van der Waals surface area contributed by atoms with Crippen LogP contribution in [0.25, 0.3) is 0 Å². The Morgan fingerprint density at radius 2 is 1.67 bits per heavy atom. The first kappa shape index (κ1) is 17.0. The number of urea groups is 1. The van der Waals surface area contributed by atoms with Crippen LogP contribution < -0.4 is 0 Å². The van der Waals surface area contributed by atoms with Gasteiger partial charge in [-0.05, 0) is 38.0 Å². The van der Waals surface area contributed by atoms with Crippen molar-refractivity contribution in [1.29, 1.82) is 0 Å². The van der Waals surface area contributed by atoms with Gasteiger partial charge in [-0.3, -0.25) is 0 Å². The van der Waals surface area contributed by atoms with E-state index in [-0.39, 0.29) is 17.1 Å². The summed E-state index contributed by atoms with van der Waals surface area (Å²) in [6.07, 6.45) is 0.871. The van der Waals surface area contributed by atoms with Crippen molar-refractivity contribution in [2.45, 2.75) is 39.3 Å². The molecule has 2 amide bonds. The molecular formula is C16H24N2O3. The Labute approximate surface area is 126 Å². The van der Waals surface area contributed by atoms with Gasteiger partial charge in [0.2, 0.25) is 0 Å². The highest BCUT2D eigenvalue weighted by atomic mass is 16.4. The largest absolute Gasteiger partial charge is 0.478 e. The second-order valence-corrected chi connectivity index (χ2v) is 5.87. The molecule has 0 heterocycles. The van der Waals surface area contributed by atoms with Gasteiger partial charge in [-0.2, -0.15) is 0 Å². The van der Waals surface area contributed by atoms with Crippen LogP contribution in [0.4, 0.5) is 4.79 Å². The van der Waals surface area contributed by atoms with Gasteiger partial charge in [0.05, 0.1) is 5.56 Å². The lowest BCUT2D eigenvalue weighted by Gasteiger charge is -2.37. The minimum Gasteiger partial charge on any atom is -0.478 e. The summed E-state index contributed by atoms with van der Waals surface area (Å²) in [5, 5.41) is 8.86. The maximum Gasteiger partial charge on any atom is 0.335 e. The number of aromatic carboxylic acids is 1. The lowest BCUT2D eigenvalue weighted by Crippen LogP contribution is -2.49. The van der Waals surface area contributed by atoms with Crippen LogP contribution in [-0.4, -0.2) is 46.5 Å². The van der Waals surface area contributed by atoms with Crippen LogP contribution in [-0.2, 0) is 6.54 Å². The van der Waals surface area contributed by atoms with Crippen LogP contribution in [0.3, 0.4) is 0 Å². The molecule has 1 aromatic rings. The predicted molar refractivity (Wildman–Crippen MR) is 82.4 cm³/mol. The Balaban J connectivity index is 2.74. The first-order valence-electron chi connectivity index (χ1n) is 7.00. The molecule has 0 atom stereocenters. The van der Waals surface area contributed by atoms with E-state index in [1.807, 2.05) is 13.8 Å². The normalized spacial score (nSPS) is 11.1. The maximum absolute atomic E-state index is 12.4. The molecule has 0 saturated heterocycles. The third-order valence-electron chi connectivity index (χ3n) is 4.01. The minimum absolute atomic E-state index is 0.0517. The number of carboxylic acids is 1. The smallest absolute Gasteiger partial charge is 0.335 e. The highest BCUT2D eigenvalue weighted by molar-refractivity contribution is 5.87. The summed E-state index contributed by atoms with van der Waals surface area (Å²) < 4.78 is 0. The standard InChI is InChI=1S/C16H24N2O3/c1-6-16(2,3)18(5)15(21)17(4)11-12-7-9-13(10-8-12)14(19)20/h7-10H,6,11H2,1-5H3,(H,19,20). The summed E-state index contributed by atoms with van der Waals surface area (Å²) in [7, 11) is 3.55. The van der Waals surface area contributed by atoms with Crippen LogP contribution in [0.15, 0.2) is 24.3 Å². The molecule has 1 aromatic carbocycles. The van der Waals surface area contributed by atoms with Gasteiger partial charge in [-0.15, -0.1) is 0 Å². The molecular weight excluding hydrogens is 268 g/mol. The van der Waals surface area contributed by atoms with Crippen molar-refractivity contribution in [2.75, 3.05) is 14.1 Å². The van der Waals surface area contributed by atoms with Gasteiger partial charge >= 0.3 is 12.0 Å². The molecule has 1 N–H and O–H groups in total. The topological polar surface area (TPSA) is 60.9 Å². The van der Waals surface area contributed by atoms with Gasteiger partial charge in [0.25, 0.3) is 0 Å². The highest BCUT2D eigenvalue weighted by Crippen LogP contribution is 2.18. The Bertz CT molecular complexity index is 509. The lowest BCUT2D eigenvalue weighted by molar-refractivity contribution is 0.0696. The van der Waals surface area contributed by atoms with Crippen LogP contribution in [0.2, 0.25) is 0 Å². The van der Waals surface area contributed by atoms with Crippen molar-refractivity contribution < 1.29 is 14.7 Å². The number of rotatable bonds is 5. The third-order valence-corrected chi connectivity index (χ3v) is 4.01. The number of benzene rings is 1. The zero-order chi connectivity index (χ0) is 16.2. The fourth-order valence-corrected chi connectivity index (χ4v) is 1.85. The SMILES string of the molecule is CCC(C)(C)N(C)C(=O)N(C)Cc1ccc(C(=O)O)cc1. The zero-order valence-corrected chi connectivity index (χ0v) is 13.4. The van der Waals surface area contributed by atoms with Crippen molar-refractivity contribution >= 4 is 12.0 Å². The molecule has 0 radical (unpaired) electrons. The van der Waals surface area contributed by atoms with E-state index in [2.05, 4.69) is 6.92 Å². The molecule has 5 heteroatoms. The van der Waals surface area contributed by atoms with Crippen molar-refractivity contribution in [2.24, 2.45) is 0 Å². The minimum atomic E-state index is -0.949. The molecule has 0 bridgehead atoms. The fourth-order valence-electron chi connectivity index (χ4n) is 1.85. The number of hydrogen-bond acceptors (Lipinski definition) is 2. The average Bonchev–Trinajstić information content (AvgIpc) is 2.46. The summed E-state index contributed by atoms with van der Waals surface area (Å²) in [4.78, 5) is 26.6. The Morgan fingerprint density at radius 1 is 1.14 bits per heavy atom. The molecule has 0 spiro atoms. The number of hydrogen-bond donors (Lipinski definition) is 1. The van der Waals surface area contributed by atoms with Gasteiger partial charge in [0.1, 0.15) is 0 Å². The molecule has 1 rings (SSSR count). The molecule has 0 aliphatic rings. The molecule has 0 unspecified atom stereocenters. The molecule has 116 valence electrons. The summed E-state index contributed by atoms with van der Waals surface area (Å²) >= 11 is 0. The number of nitrogens with zero attached hydrogens (tertiary/aromatic N) is 2. The predicted octanol–water partition coefficient (Wildman–Crippen LogP) is 3.06. The summed E-state index contributed by atoms with van der Waals surface area (Å²) in [6.45, 7) is 6.55. The van der Waals surface area contributed by atoms with Crippen molar-refractivity contribution in [3.63, 3.8) is 0 Å². The number of carbonyl (C=O) groups excluding carboxylic acids is 1. The molecule has 0 aromatic heterocycles. The third kappa shape index (κ3) is 4.21. The molecule has 0 aliphatic heterocycles. The van der Waals surface area contributed by atoms with Crippen molar-refractivity contribution in [3.05, 3.63) is 35.4 Å². The first-order valence-corrected chi connectivity index (χ1v) is 7.00. The van der Waals surface area contributed by atoms with Crippen LogP contribution in [0.5, 0.6) is 0 Å². The van der Waals surface area contributed by atoms with Gasteiger partial charge in [0, 0.05) is 26.2 Å². The van der Waals surface area contributed by atoms with Gasteiger partial charge < -0.3 is 14.9 Å². The molecule has 5 nitrogen and oxygen atoms in total. The number of carboxylic acid groups (broad SMARTS) is 1. The van der Waals surface area contributed by atoms with Gasteiger partial charge in [-0.1, -0.05) is 19.1 Å². The Kier molecular flexibility index (Phi) is 5.35. The molecule has 21 heavy (non-hydrogen) atoms. The first-order chi connectivity index (χ1) is 9.69.